The molecule has 0 spiro atoms. The molecule has 0 aliphatic heterocycles. The van der Waals surface area contributed by atoms with Crippen molar-refractivity contribution in [2.24, 2.45) is 0 Å². The largest absolute Gasteiger partial charge is 0.244 e. The molecule has 0 unspecified atom stereocenters. The van der Waals surface area contributed by atoms with Gasteiger partial charge in [0.15, 0.2) is 0 Å². The van der Waals surface area contributed by atoms with Gasteiger partial charge in [-0.15, -0.1) is 19.0 Å². The first-order valence-electron chi connectivity index (χ1n) is 1.32. The lowest BCUT2D eigenvalue weighted by molar-refractivity contribution is 2.55. The predicted octanol–water partition coefficient (Wildman–Crippen LogP) is 0.425. The minimum Gasteiger partial charge on any atom is -0.160 e. The molecule has 0 aliphatic rings. The summed E-state index contributed by atoms with van der Waals surface area (Å²) in [6, 6.07) is 0. The van der Waals surface area contributed by atoms with Gasteiger partial charge in [-0.25, -0.2) is 0 Å². The van der Waals surface area contributed by atoms with Crippen LogP contribution in [-0.4, -0.2) is 7.28 Å². The third-order valence-corrected chi connectivity index (χ3v) is 0.214. The number of terminal acetylenes is 1. The van der Waals surface area contributed by atoms with Gasteiger partial charge in [0.05, 0.1) is 0 Å². The molecule has 1 heteroatoms. The molecule has 0 fully saturated rings. The lowest BCUT2D eigenvalue weighted by Gasteiger charge is -1.55. The first-order valence-corrected chi connectivity index (χ1v) is 1.32. The van der Waals surface area contributed by atoms with Crippen molar-refractivity contribution in [3.05, 3.63) is 12.6 Å². The Balaban J connectivity index is 2.75. The second-order valence-corrected chi connectivity index (χ2v) is 0.569. The molecule has 0 aromatic rings. The fourth-order valence-electron chi connectivity index (χ4n) is 0.0680. The maximum atomic E-state index is 4.76. The van der Waals surface area contributed by atoms with Gasteiger partial charge in [0.2, 0.25) is 7.28 Å². The molecular weight excluding hydrogens is 58.9 g/mol. The standard InChI is InChI=1S/C4H4B/c1-3-5-4-2/h1,4H,2H2. The zero-order valence-electron chi connectivity index (χ0n) is 2.94. The van der Waals surface area contributed by atoms with Gasteiger partial charge in [-0.2, -0.15) is 5.82 Å². The first-order chi connectivity index (χ1) is 2.41. The zero-order chi connectivity index (χ0) is 4.12. The first kappa shape index (κ1) is 4.36. The molecule has 5 heavy (non-hydrogen) atoms. The van der Waals surface area contributed by atoms with E-state index in [-0.39, 0.29) is 0 Å². The Morgan fingerprint density at radius 1 is 2.00 bits per heavy atom. The van der Waals surface area contributed by atoms with E-state index < -0.39 is 0 Å². The molecule has 0 heterocycles. The highest BCUT2D eigenvalue weighted by Crippen LogP contribution is 1.48. The molecule has 0 bridgehead atoms. The fourth-order valence-corrected chi connectivity index (χ4v) is 0.0680. The molecule has 0 aromatic heterocycles. The van der Waals surface area contributed by atoms with Crippen LogP contribution in [0, 0.1) is 12.2 Å². The number of hydrogen-bond acceptors (Lipinski definition) is 0. The van der Waals surface area contributed by atoms with Crippen LogP contribution in [0.15, 0.2) is 12.6 Å². The van der Waals surface area contributed by atoms with Crippen molar-refractivity contribution in [3.63, 3.8) is 0 Å². The highest BCUT2D eigenvalue weighted by molar-refractivity contribution is 6.51. The summed E-state index contributed by atoms with van der Waals surface area (Å²) in [6.07, 6.45) is 4.76. The highest BCUT2D eigenvalue weighted by atomic mass is 13.2. The van der Waals surface area contributed by atoms with Crippen molar-refractivity contribution in [1.82, 2.24) is 0 Å². The van der Waals surface area contributed by atoms with E-state index in [9.17, 15) is 0 Å². The van der Waals surface area contributed by atoms with Crippen LogP contribution in [0.25, 0.3) is 0 Å². The lowest BCUT2D eigenvalue weighted by Crippen LogP contribution is -1.69. The van der Waals surface area contributed by atoms with E-state index in [2.05, 4.69) is 12.4 Å². The fraction of sp³-hybridized carbons (Fsp3) is 0. The topological polar surface area (TPSA) is 0 Å². The summed E-state index contributed by atoms with van der Waals surface area (Å²) in [5.74, 6) is 3.84. The quantitative estimate of drug-likeness (QED) is 0.305. The van der Waals surface area contributed by atoms with Crippen molar-refractivity contribution in [3.8, 4) is 12.2 Å². The molecule has 0 aliphatic carbocycles. The van der Waals surface area contributed by atoms with E-state index in [1.54, 1.807) is 13.3 Å². The Morgan fingerprint density at radius 3 is 2.60 bits per heavy atom. The summed E-state index contributed by atoms with van der Waals surface area (Å²) >= 11 is 0. The van der Waals surface area contributed by atoms with Gasteiger partial charge in [0.1, 0.15) is 0 Å². The predicted molar refractivity (Wildman–Crippen MR) is 24.8 cm³/mol. The Hall–Kier alpha value is -0.635. The van der Waals surface area contributed by atoms with Gasteiger partial charge in [-0.3, -0.25) is 0 Å². The summed E-state index contributed by atoms with van der Waals surface area (Å²) in [5, 5.41) is 0. The van der Waals surface area contributed by atoms with Crippen molar-refractivity contribution in [1.29, 1.82) is 0 Å². The molecule has 0 aromatic carbocycles. The minimum atomic E-state index is 1.54. The average molecular weight is 62.9 g/mol. The molecule has 0 N–H and O–H groups in total. The van der Waals surface area contributed by atoms with Crippen LogP contribution in [0.2, 0.25) is 0 Å². The zero-order valence-corrected chi connectivity index (χ0v) is 2.94. The van der Waals surface area contributed by atoms with Crippen molar-refractivity contribution >= 4 is 7.28 Å². The summed E-state index contributed by atoms with van der Waals surface area (Å²) in [5.41, 5.74) is 0. The molecule has 23 valence electrons. The van der Waals surface area contributed by atoms with Crippen LogP contribution in [0.4, 0.5) is 0 Å². The van der Waals surface area contributed by atoms with E-state index in [1.807, 2.05) is 0 Å². The van der Waals surface area contributed by atoms with E-state index in [0.29, 0.717) is 0 Å². The molecular formula is C4H4B. The van der Waals surface area contributed by atoms with Crippen molar-refractivity contribution < 1.29 is 0 Å². The van der Waals surface area contributed by atoms with Gasteiger partial charge in [-0.05, 0) is 0 Å². The van der Waals surface area contributed by atoms with Crippen LogP contribution in [0.1, 0.15) is 0 Å². The maximum absolute atomic E-state index is 4.76. The summed E-state index contributed by atoms with van der Waals surface area (Å²) in [6.45, 7) is 3.35. The smallest absolute Gasteiger partial charge is 0.160 e. The van der Waals surface area contributed by atoms with E-state index >= 15 is 0 Å². The highest BCUT2D eigenvalue weighted by Gasteiger charge is 1.59. The van der Waals surface area contributed by atoms with E-state index in [0.717, 1.165) is 0 Å². The van der Waals surface area contributed by atoms with Crippen LogP contribution in [0.5, 0.6) is 0 Å². The minimum absolute atomic E-state index is 1.54. The van der Waals surface area contributed by atoms with Gasteiger partial charge < -0.3 is 0 Å². The van der Waals surface area contributed by atoms with Crippen molar-refractivity contribution in [2.75, 3.05) is 0 Å². The maximum Gasteiger partial charge on any atom is 0.244 e. The number of rotatable bonds is 1. The Bertz CT molecular complexity index is 58.5. The second-order valence-electron chi connectivity index (χ2n) is 0.569. The van der Waals surface area contributed by atoms with Gasteiger partial charge in [-0.1, -0.05) is 0 Å². The third-order valence-electron chi connectivity index (χ3n) is 0.214. The molecule has 0 saturated heterocycles. The van der Waals surface area contributed by atoms with Gasteiger partial charge in [0.25, 0.3) is 0 Å². The van der Waals surface area contributed by atoms with Crippen LogP contribution < -0.4 is 0 Å². The second kappa shape index (κ2) is 3.36. The van der Waals surface area contributed by atoms with Crippen LogP contribution >= 0.6 is 0 Å². The Labute approximate surface area is 33.1 Å². The SMILES string of the molecule is C#C[B]C=C. The van der Waals surface area contributed by atoms with Crippen molar-refractivity contribution in [2.45, 2.75) is 0 Å². The van der Waals surface area contributed by atoms with Gasteiger partial charge in [0, 0.05) is 0 Å². The summed E-state index contributed by atoms with van der Waals surface area (Å²) in [4.78, 5) is 0. The number of hydrogen-bond donors (Lipinski definition) is 0. The van der Waals surface area contributed by atoms with Gasteiger partial charge >= 0.3 is 0 Å². The summed E-state index contributed by atoms with van der Waals surface area (Å²) in [7, 11) is 1.54. The monoisotopic (exact) mass is 63.0 g/mol. The van der Waals surface area contributed by atoms with Crippen LogP contribution in [-0.2, 0) is 0 Å². The lowest BCUT2D eigenvalue weighted by atomic mass is 9.82. The normalized spacial score (nSPS) is 4.60. The van der Waals surface area contributed by atoms with E-state index in [4.69, 9.17) is 6.42 Å². The molecule has 0 atom stereocenters. The molecule has 0 saturated carbocycles. The Morgan fingerprint density at radius 2 is 2.60 bits per heavy atom. The molecule has 0 rings (SSSR count). The third kappa shape index (κ3) is 3.36. The summed E-state index contributed by atoms with van der Waals surface area (Å²) < 4.78 is 0. The average Bonchev–Trinajstić information content (AvgIpc) is 1.41. The molecule has 0 amide bonds. The van der Waals surface area contributed by atoms with E-state index in [1.165, 1.54) is 0 Å². The Kier molecular flexibility index (Phi) is 2.94. The van der Waals surface area contributed by atoms with Crippen LogP contribution in [0.3, 0.4) is 0 Å². The molecule has 0 nitrogen and oxygen atoms in total. The molecule has 1 radical (unpaired) electrons.